The molecule has 5 rings (SSSR count). The monoisotopic (exact) mass is 266 g/mol. The highest BCUT2D eigenvalue weighted by Crippen LogP contribution is 2.33. The minimum absolute atomic E-state index is 0.870. The molecule has 1 aliphatic rings. The van der Waals surface area contributed by atoms with Crippen molar-refractivity contribution in [2.75, 3.05) is 0 Å². The van der Waals surface area contributed by atoms with E-state index in [0.717, 1.165) is 28.4 Å². The van der Waals surface area contributed by atoms with Gasteiger partial charge in [-0.1, -0.05) is 17.4 Å². The van der Waals surface area contributed by atoms with E-state index in [9.17, 15) is 0 Å². The van der Waals surface area contributed by atoms with Crippen molar-refractivity contribution < 1.29 is 4.57 Å². The molecule has 0 fully saturated rings. The van der Waals surface area contributed by atoms with Crippen molar-refractivity contribution in [3.63, 3.8) is 0 Å². The zero-order valence-corrected chi connectivity index (χ0v) is 10.6. The van der Waals surface area contributed by atoms with E-state index in [4.69, 9.17) is 0 Å². The lowest BCUT2D eigenvalue weighted by atomic mass is 10.2. The molecule has 0 saturated heterocycles. The molecule has 90 valence electrons. The summed E-state index contributed by atoms with van der Waals surface area (Å²) in [7, 11) is 0. The zero-order valence-electron chi connectivity index (χ0n) is 9.82. The number of fused-ring (bicyclic) bond motifs is 7. The van der Waals surface area contributed by atoms with Crippen molar-refractivity contribution in [1.82, 2.24) is 19.4 Å². The Labute approximate surface area is 111 Å². The normalized spacial score (nSPS) is 13.1. The molecule has 0 amide bonds. The molecule has 0 atom stereocenters. The molecular weight excluding hydrogens is 258 g/mol. The van der Waals surface area contributed by atoms with Crippen molar-refractivity contribution in [3.8, 4) is 10.7 Å². The van der Waals surface area contributed by atoms with Gasteiger partial charge in [-0.3, -0.25) is 9.97 Å². The summed E-state index contributed by atoms with van der Waals surface area (Å²) in [6.45, 7) is 0.870. The Balaban J connectivity index is 1.94. The molecule has 0 saturated carbocycles. The maximum absolute atomic E-state index is 4.62. The molecule has 0 bridgehead atoms. The molecule has 0 N–H and O–H groups in total. The van der Waals surface area contributed by atoms with Gasteiger partial charge in [0, 0.05) is 11.8 Å². The van der Waals surface area contributed by atoms with Gasteiger partial charge in [-0.15, -0.1) is 0 Å². The van der Waals surface area contributed by atoms with Gasteiger partial charge in [0.05, 0.1) is 12.4 Å². The van der Waals surface area contributed by atoms with Gasteiger partial charge in [0.2, 0.25) is 15.5 Å². The summed E-state index contributed by atoms with van der Waals surface area (Å²) < 4.78 is 4.38. The maximum atomic E-state index is 4.62. The fourth-order valence-corrected chi connectivity index (χ4v) is 3.84. The maximum Gasteiger partial charge on any atom is 0.326 e. The Hall–Kier alpha value is -2.34. The summed E-state index contributed by atoms with van der Waals surface area (Å²) in [5.74, 6) is 0. The van der Waals surface area contributed by atoms with Gasteiger partial charge in [0.1, 0.15) is 18.4 Å². The number of aromatic nitrogens is 5. The summed E-state index contributed by atoms with van der Waals surface area (Å²) in [6.07, 6.45) is 7.39. The second-order valence-corrected chi connectivity index (χ2v) is 5.53. The quantitative estimate of drug-likeness (QED) is 0.400. The summed E-state index contributed by atoms with van der Waals surface area (Å²) in [5.41, 5.74) is 4.39. The van der Waals surface area contributed by atoms with E-state index < -0.39 is 0 Å². The minimum atomic E-state index is 0.870. The van der Waals surface area contributed by atoms with Crippen LogP contribution in [0, 0.1) is 0 Å². The molecule has 19 heavy (non-hydrogen) atoms. The second-order valence-electron chi connectivity index (χ2n) is 4.55. The SMILES string of the molecule is c1cnc2c(c1)C[n+]1c-2sc2nc3cnccn3c21. The number of imidazole rings is 1. The molecule has 1 aliphatic heterocycles. The zero-order chi connectivity index (χ0) is 12.4. The Morgan fingerprint density at radius 2 is 2.32 bits per heavy atom. The molecule has 0 aliphatic carbocycles. The summed E-state index contributed by atoms with van der Waals surface area (Å²) in [6, 6.07) is 4.13. The van der Waals surface area contributed by atoms with Gasteiger partial charge in [-0.2, -0.15) is 9.38 Å². The van der Waals surface area contributed by atoms with Crippen molar-refractivity contribution in [1.29, 1.82) is 0 Å². The number of rotatable bonds is 0. The van der Waals surface area contributed by atoms with Gasteiger partial charge in [-0.25, -0.2) is 4.57 Å². The molecule has 5 heterocycles. The standard InChI is InChI=1S/C13H8N5S/c1-2-8-7-18-12-11(19-13(18)10(8)15-3-1)16-9-6-14-4-5-17(9)12/h1-6H,7H2/q+1. The van der Waals surface area contributed by atoms with E-state index in [1.807, 2.05) is 18.5 Å². The Morgan fingerprint density at radius 3 is 3.32 bits per heavy atom. The van der Waals surface area contributed by atoms with E-state index in [1.54, 1.807) is 23.7 Å². The van der Waals surface area contributed by atoms with Crippen LogP contribution in [-0.4, -0.2) is 19.4 Å². The highest BCUT2D eigenvalue weighted by molar-refractivity contribution is 7.20. The van der Waals surface area contributed by atoms with Crippen molar-refractivity contribution in [2.24, 2.45) is 0 Å². The van der Waals surface area contributed by atoms with Gasteiger partial charge < -0.3 is 0 Å². The molecule has 0 aromatic carbocycles. The average Bonchev–Trinajstić information content (AvgIpc) is 3.05. The van der Waals surface area contributed by atoms with Crippen molar-refractivity contribution in [2.45, 2.75) is 6.54 Å². The first kappa shape index (κ1) is 9.57. The molecule has 4 aromatic rings. The van der Waals surface area contributed by atoms with Crippen LogP contribution >= 0.6 is 11.3 Å². The van der Waals surface area contributed by atoms with Crippen LogP contribution < -0.4 is 4.57 Å². The van der Waals surface area contributed by atoms with E-state index in [0.29, 0.717) is 0 Å². The van der Waals surface area contributed by atoms with Crippen molar-refractivity contribution >= 4 is 27.5 Å². The van der Waals surface area contributed by atoms with Crippen molar-refractivity contribution in [3.05, 3.63) is 42.5 Å². The van der Waals surface area contributed by atoms with Crippen LogP contribution in [0.25, 0.3) is 26.8 Å². The van der Waals surface area contributed by atoms with E-state index in [2.05, 4.69) is 30.0 Å². The lowest BCUT2D eigenvalue weighted by Gasteiger charge is -1.90. The number of thiazole rings is 1. The van der Waals surface area contributed by atoms with E-state index >= 15 is 0 Å². The smallest absolute Gasteiger partial charge is 0.255 e. The Kier molecular flexibility index (Phi) is 1.59. The number of nitrogens with zero attached hydrogens (tertiary/aromatic N) is 5. The fraction of sp³-hybridized carbons (Fsp3) is 0.0769. The highest BCUT2D eigenvalue weighted by Gasteiger charge is 2.32. The molecule has 0 spiro atoms. The van der Waals surface area contributed by atoms with Gasteiger partial charge >= 0.3 is 5.65 Å². The Morgan fingerprint density at radius 1 is 1.32 bits per heavy atom. The molecule has 4 aromatic heterocycles. The van der Waals surface area contributed by atoms with Crippen LogP contribution in [0.3, 0.4) is 0 Å². The first-order valence-electron chi connectivity index (χ1n) is 6.00. The summed E-state index contributed by atoms with van der Waals surface area (Å²) >= 11 is 1.70. The van der Waals surface area contributed by atoms with Crippen LogP contribution in [0.2, 0.25) is 0 Å². The van der Waals surface area contributed by atoms with Crippen LogP contribution in [0.4, 0.5) is 0 Å². The Bertz CT molecular complexity index is 952. The molecule has 0 unspecified atom stereocenters. The topological polar surface area (TPSA) is 47.0 Å². The summed E-state index contributed by atoms with van der Waals surface area (Å²) in [5, 5.41) is 1.19. The second kappa shape index (κ2) is 3.16. The van der Waals surface area contributed by atoms with Crippen LogP contribution in [0.5, 0.6) is 0 Å². The first-order chi connectivity index (χ1) is 9.42. The molecular formula is C13H8N5S+. The van der Waals surface area contributed by atoms with Crippen LogP contribution in [-0.2, 0) is 6.54 Å². The van der Waals surface area contributed by atoms with Gasteiger partial charge in [0.15, 0.2) is 0 Å². The largest absolute Gasteiger partial charge is 0.326 e. The highest BCUT2D eigenvalue weighted by atomic mass is 32.1. The number of hydrogen-bond acceptors (Lipinski definition) is 4. The van der Waals surface area contributed by atoms with Crippen LogP contribution in [0.1, 0.15) is 5.56 Å². The third-order valence-corrected chi connectivity index (χ3v) is 4.56. The third kappa shape index (κ3) is 1.09. The average molecular weight is 266 g/mol. The summed E-state index contributed by atoms with van der Waals surface area (Å²) in [4.78, 5) is 14.3. The van der Waals surface area contributed by atoms with Gasteiger partial charge in [-0.05, 0) is 6.07 Å². The van der Waals surface area contributed by atoms with Crippen LogP contribution in [0.15, 0.2) is 36.9 Å². The lowest BCUT2D eigenvalue weighted by molar-refractivity contribution is -0.644. The molecule has 6 heteroatoms. The predicted molar refractivity (Wildman–Crippen MR) is 70.9 cm³/mol. The molecule has 5 nitrogen and oxygen atoms in total. The fourth-order valence-electron chi connectivity index (χ4n) is 2.68. The third-order valence-electron chi connectivity index (χ3n) is 3.49. The first-order valence-corrected chi connectivity index (χ1v) is 6.82. The van der Waals surface area contributed by atoms with E-state index in [1.165, 1.54) is 10.6 Å². The van der Waals surface area contributed by atoms with E-state index in [-0.39, 0.29) is 0 Å². The number of hydrogen-bond donors (Lipinski definition) is 0. The minimum Gasteiger partial charge on any atom is -0.255 e. The predicted octanol–water partition coefficient (Wildman–Crippen LogP) is 1.66. The number of pyridine rings is 1. The lowest BCUT2D eigenvalue weighted by Crippen LogP contribution is -2.31. The molecule has 0 radical (unpaired) electrons. The van der Waals surface area contributed by atoms with Gasteiger partial charge in [0.25, 0.3) is 0 Å².